The molecule has 1 N–H and O–H groups in total. The number of rotatable bonds is 6. The Balaban J connectivity index is 2.06. The van der Waals surface area contributed by atoms with E-state index in [1.54, 1.807) is 17.7 Å². The van der Waals surface area contributed by atoms with Crippen LogP contribution in [-0.4, -0.2) is 24.7 Å². The van der Waals surface area contributed by atoms with E-state index in [1.165, 1.54) is 17.7 Å². The van der Waals surface area contributed by atoms with Crippen LogP contribution in [0.3, 0.4) is 0 Å². The summed E-state index contributed by atoms with van der Waals surface area (Å²) in [5, 5.41) is 19.3. The van der Waals surface area contributed by atoms with Crippen LogP contribution >= 0.6 is 0 Å². The monoisotopic (exact) mass is 356 g/mol. The lowest BCUT2D eigenvalue weighted by molar-refractivity contribution is 0.199. The van der Waals surface area contributed by atoms with E-state index < -0.39 is 6.10 Å². The van der Waals surface area contributed by atoms with Gasteiger partial charge in [-0.05, 0) is 49.6 Å². The average molecular weight is 356 g/mol. The molecule has 0 aliphatic heterocycles. The highest BCUT2D eigenvalue weighted by molar-refractivity contribution is 5.68. The van der Waals surface area contributed by atoms with E-state index in [4.69, 9.17) is 0 Å². The van der Waals surface area contributed by atoms with Crippen molar-refractivity contribution in [3.63, 3.8) is 0 Å². The van der Waals surface area contributed by atoms with Gasteiger partial charge in [-0.15, -0.1) is 0 Å². The van der Waals surface area contributed by atoms with Gasteiger partial charge in [0.2, 0.25) is 0 Å². The van der Waals surface area contributed by atoms with Gasteiger partial charge in [-0.25, -0.2) is 4.39 Å². The minimum Gasteiger partial charge on any atom is -0.389 e. The molecule has 3 aromatic rings. The fourth-order valence-corrected chi connectivity index (χ4v) is 3.30. The smallest absolute Gasteiger partial charge is 0.123 e. The van der Waals surface area contributed by atoms with Crippen LogP contribution in [0, 0.1) is 5.82 Å². The summed E-state index contributed by atoms with van der Waals surface area (Å²) in [5.74, 6) is -0.361. The highest BCUT2D eigenvalue weighted by Gasteiger charge is 2.19. The summed E-state index contributed by atoms with van der Waals surface area (Å²) in [6, 6.07) is 4.48. The van der Waals surface area contributed by atoms with Gasteiger partial charge >= 0.3 is 0 Å². The SMILES string of the molecule is CCc1nn(CC)cc1Cc1cn(C)nc1-c1ccc(F)cc1[C@@H](C)O. The van der Waals surface area contributed by atoms with Crippen LogP contribution in [-0.2, 0) is 26.4 Å². The summed E-state index contributed by atoms with van der Waals surface area (Å²) in [5.41, 5.74) is 5.37. The number of halogens is 1. The Morgan fingerprint density at radius 2 is 1.92 bits per heavy atom. The molecular formula is C20H25FN4O. The number of hydrogen-bond acceptors (Lipinski definition) is 3. The van der Waals surface area contributed by atoms with Crippen molar-refractivity contribution in [2.45, 2.75) is 46.3 Å². The summed E-state index contributed by atoms with van der Waals surface area (Å²) >= 11 is 0. The Hall–Kier alpha value is -2.47. The first-order chi connectivity index (χ1) is 12.4. The molecule has 2 aromatic heterocycles. The zero-order chi connectivity index (χ0) is 18.8. The second-order valence-electron chi connectivity index (χ2n) is 6.57. The van der Waals surface area contributed by atoms with Crippen molar-refractivity contribution >= 4 is 0 Å². The molecule has 1 aromatic carbocycles. The molecule has 0 aliphatic carbocycles. The third-order valence-corrected chi connectivity index (χ3v) is 4.59. The molecule has 1 atom stereocenters. The standard InChI is InChI=1S/C20H25FN4O/c1-5-19-14(12-25(6-2)22-19)9-15-11-24(4)23-20(15)17-8-7-16(21)10-18(17)13(3)26/h7-8,10-13,26H,5-6,9H2,1-4H3/t13-/m1/s1. The van der Waals surface area contributed by atoms with Crippen molar-refractivity contribution in [2.24, 2.45) is 7.05 Å². The van der Waals surface area contributed by atoms with Crippen LogP contribution in [0.1, 0.15) is 49.3 Å². The molecule has 0 radical (unpaired) electrons. The second-order valence-corrected chi connectivity index (χ2v) is 6.57. The summed E-state index contributed by atoms with van der Waals surface area (Å²) in [7, 11) is 1.87. The van der Waals surface area contributed by atoms with Gasteiger partial charge in [-0.1, -0.05) is 6.92 Å². The number of nitrogens with zero attached hydrogens (tertiary/aromatic N) is 4. The van der Waals surface area contributed by atoms with Gasteiger partial charge in [0, 0.05) is 43.5 Å². The van der Waals surface area contributed by atoms with Gasteiger partial charge in [0.1, 0.15) is 5.82 Å². The van der Waals surface area contributed by atoms with Gasteiger partial charge in [0.15, 0.2) is 0 Å². The Kier molecular flexibility index (Phi) is 5.23. The number of aliphatic hydroxyl groups excluding tert-OH is 1. The van der Waals surface area contributed by atoms with Crippen LogP contribution in [0.2, 0.25) is 0 Å². The van der Waals surface area contributed by atoms with Crippen LogP contribution in [0.25, 0.3) is 11.3 Å². The van der Waals surface area contributed by atoms with Crippen LogP contribution in [0.5, 0.6) is 0 Å². The van der Waals surface area contributed by atoms with Crippen LogP contribution in [0.15, 0.2) is 30.6 Å². The maximum Gasteiger partial charge on any atom is 0.123 e. The lowest BCUT2D eigenvalue weighted by Crippen LogP contribution is -1.99. The predicted octanol–water partition coefficient (Wildman–Crippen LogP) is 3.65. The Labute approximate surface area is 153 Å². The summed E-state index contributed by atoms with van der Waals surface area (Å²) < 4.78 is 17.4. The van der Waals surface area contributed by atoms with E-state index in [0.717, 1.165) is 35.5 Å². The summed E-state index contributed by atoms with van der Waals surface area (Å²) in [4.78, 5) is 0. The molecule has 0 unspecified atom stereocenters. The number of aromatic nitrogens is 4. The molecule has 3 rings (SSSR count). The fourth-order valence-electron chi connectivity index (χ4n) is 3.30. The lowest BCUT2D eigenvalue weighted by Gasteiger charge is -2.12. The first kappa shape index (κ1) is 18.3. The first-order valence-electron chi connectivity index (χ1n) is 8.98. The summed E-state index contributed by atoms with van der Waals surface area (Å²) in [6.45, 7) is 6.64. The van der Waals surface area contributed by atoms with Crippen LogP contribution in [0.4, 0.5) is 4.39 Å². The highest BCUT2D eigenvalue weighted by Crippen LogP contribution is 2.31. The third-order valence-electron chi connectivity index (χ3n) is 4.59. The van der Waals surface area contributed by atoms with Gasteiger partial charge in [0.05, 0.1) is 17.5 Å². The van der Waals surface area contributed by atoms with Crippen molar-refractivity contribution in [1.82, 2.24) is 19.6 Å². The topological polar surface area (TPSA) is 55.9 Å². The minimum atomic E-state index is -0.774. The summed E-state index contributed by atoms with van der Waals surface area (Å²) in [6.07, 6.45) is 4.85. The van der Waals surface area contributed by atoms with E-state index >= 15 is 0 Å². The molecular weight excluding hydrogens is 331 g/mol. The average Bonchev–Trinajstić information content (AvgIpc) is 3.17. The van der Waals surface area contributed by atoms with Crippen molar-refractivity contribution in [1.29, 1.82) is 0 Å². The Morgan fingerprint density at radius 3 is 2.58 bits per heavy atom. The van der Waals surface area contributed by atoms with Crippen molar-refractivity contribution in [3.05, 3.63) is 58.8 Å². The van der Waals surface area contributed by atoms with E-state index in [-0.39, 0.29) is 5.82 Å². The number of aryl methyl sites for hydroxylation is 3. The lowest BCUT2D eigenvalue weighted by atomic mass is 9.96. The molecule has 0 amide bonds. The zero-order valence-electron chi connectivity index (χ0n) is 15.7. The molecule has 2 heterocycles. The van der Waals surface area contributed by atoms with Crippen molar-refractivity contribution in [2.75, 3.05) is 0 Å². The highest BCUT2D eigenvalue weighted by atomic mass is 19.1. The van der Waals surface area contributed by atoms with Crippen LogP contribution < -0.4 is 0 Å². The molecule has 0 spiro atoms. The van der Waals surface area contributed by atoms with Gasteiger partial charge in [-0.3, -0.25) is 9.36 Å². The molecule has 0 aliphatic rings. The first-order valence-corrected chi connectivity index (χ1v) is 8.98. The van der Waals surface area contributed by atoms with E-state index in [1.807, 2.05) is 17.9 Å². The molecule has 0 bridgehead atoms. The van der Waals surface area contributed by atoms with E-state index in [0.29, 0.717) is 12.0 Å². The molecule has 138 valence electrons. The maximum atomic E-state index is 13.7. The number of benzene rings is 1. The predicted molar refractivity (Wildman–Crippen MR) is 99.3 cm³/mol. The van der Waals surface area contributed by atoms with Gasteiger partial charge in [0.25, 0.3) is 0 Å². The van der Waals surface area contributed by atoms with Crippen molar-refractivity contribution in [3.8, 4) is 11.3 Å². The van der Waals surface area contributed by atoms with E-state index in [9.17, 15) is 9.50 Å². The molecule has 0 fully saturated rings. The van der Waals surface area contributed by atoms with E-state index in [2.05, 4.69) is 30.2 Å². The molecule has 26 heavy (non-hydrogen) atoms. The molecule has 0 saturated carbocycles. The minimum absolute atomic E-state index is 0.361. The second kappa shape index (κ2) is 7.41. The number of hydrogen-bond donors (Lipinski definition) is 1. The molecule has 6 heteroatoms. The van der Waals surface area contributed by atoms with Gasteiger partial charge < -0.3 is 5.11 Å². The molecule has 0 saturated heterocycles. The van der Waals surface area contributed by atoms with Crippen molar-refractivity contribution < 1.29 is 9.50 Å². The largest absolute Gasteiger partial charge is 0.389 e. The normalized spacial score (nSPS) is 12.5. The number of aliphatic hydroxyl groups is 1. The van der Waals surface area contributed by atoms with Gasteiger partial charge in [-0.2, -0.15) is 10.2 Å². The fraction of sp³-hybridized carbons (Fsp3) is 0.400. The molecule has 5 nitrogen and oxygen atoms in total. The zero-order valence-corrected chi connectivity index (χ0v) is 15.7. The Morgan fingerprint density at radius 1 is 1.15 bits per heavy atom. The Bertz CT molecular complexity index is 911. The maximum absolute atomic E-state index is 13.7. The third kappa shape index (κ3) is 3.55. The quantitative estimate of drug-likeness (QED) is 0.733.